The molecule has 0 aromatic heterocycles. The van der Waals surface area contributed by atoms with Crippen molar-refractivity contribution in [3.05, 3.63) is 41.2 Å². The summed E-state index contributed by atoms with van der Waals surface area (Å²) in [5.74, 6) is -0.270. The molecule has 1 aromatic rings. The van der Waals surface area contributed by atoms with Crippen LogP contribution in [-0.4, -0.2) is 11.9 Å². The summed E-state index contributed by atoms with van der Waals surface area (Å²) in [5, 5.41) is 2.94. The van der Waals surface area contributed by atoms with Crippen LogP contribution in [0.5, 0.6) is 0 Å². The quantitative estimate of drug-likeness (QED) is 0.798. The van der Waals surface area contributed by atoms with E-state index in [0.29, 0.717) is 6.04 Å². The zero-order valence-electron chi connectivity index (χ0n) is 10.2. The largest absolute Gasteiger partial charge is 0.350 e. The molecule has 0 aliphatic heterocycles. The molecule has 1 aromatic carbocycles. The lowest BCUT2D eigenvalue weighted by Gasteiger charge is -2.18. The van der Waals surface area contributed by atoms with Gasteiger partial charge in [0.2, 0.25) is 5.91 Å². The van der Waals surface area contributed by atoms with Crippen molar-refractivity contribution < 1.29 is 9.18 Å². The molecule has 1 amide bonds. The monoisotopic (exact) mass is 245 g/mol. The van der Waals surface area contributed by atoms with E-state index in [1.54, 1.807) is 12.1 Å². The standard InChI is InChI=1S/C15H16FNO/c16-12-5-4-10-2-1-3-11(14(10)9-12)8-15(18)17-13-6-7-13/h4-5,8-9,13H,1-3,6-7H2,(H,17,18)/b11-8+. The van der Waals surface area contributed by atoms with Crippen LogP contribution < -0.4 is 5.32 Å². The second-order valence-corrected chi connectivity index (χ2v) is 5.11. The topological polar surface area (TPSA) is 29.1 Å². The lowest BCUT2D eigenvalue weighted by molar-refractivity contribution is -0.116. The average Bonchev–Trinajstić information content (AvgIpc) is 3.14. The van der Waals surface area contributed by atoms with Crippen LogP contribution in [0.2, 0.25) is 0 Å². The molecule has 2 aliphatic carbocycles. The van der Waals surface area contributed by atoms with Crippen molar-refractivity contribution in [3.63, 3.8) is 0 Å². The third-order valence-electron chi connectivity index (χ3n) is 3.54. The summed E-state index contributed by atoms with van der Waals surface area (Å²) in [7, 11) is 0. The highest BCUT2D eigenvalue weighted by Crippen LogP contribution is 2.31. The minimum absolute atomic E-state index is 0.0374. The van der Waals surface area contributed by atoms with Crippen molar-refractivity contribution in [3.8, 4) is 0 Å². The Hall–Kier alpha value is -1.64. The van der Waals surface area contributed by atoms with Gasteiger partial charge in [-0.25, -0.2) is 4.39 Å². The second-order valence-electron chi connectivity index (χ2n) is 5.11. The van der Waals surface area contributed by atoms with Crippen molar-refractivity contribution in [1.82, 2.24) is 5.32 Å². The van der Waals surface area contributed by atoms with Crippen LogP contribution in [-0.2, 0) is 11.2 Å². The molecule has 1 saturated carbocycles. The van der Waals surface area contributed by atoms with E-state index >= 15 is 0 Å². The van der Waals surface area contributed by atoms with Crippen molar-refractivity contribution in [2.45, 2.75) is 38.1 Å². The smallest absolute Gasteiger partial charge is 0.244 e. The SMILES string of the molecule is O=C(/C=C1\CCCc2ccc(F)cc21)NC1CC1. The maximum atomic E-state index is 13.3. The summed E-state index contributed by atoms with van der Waals surface area (Å²) in [4.78, 5) is 11.8. The normalized spacial score (nSPS) is 20.6. The van der Waals surface area contributed by atoms with Gasteiger partial charge in [0.05, 0.1) is 0 Å². The first-order valence-electron chi connectivity index (χ1n) is 6.52. The summed E-state index contributed by atoms with van der Waals surface area (Å²) in [6, 6.07) is 5.23. The highest BCUT2D eigenvalue weighted by molar-refractivity contribution is 5.96. The molecule has 94 valence electrons. The number of allylic oxidation sites excluding steroid dienone is 1. The second kappa shape index (κ2) is 4.56. The molecule has 18 heavy (non-hydrogen) atoms. The lowest BCUT2D eigenvalue weighted by Crippen LogP contribution is -2.23. The Morgan fingerprint density at radius 3 is 2.94 bits per heavy atom. The van der Waals surface area contributed by atoms with Gasteiger partial charge in [0, 0.05) is 12.1 Å². The zero-order valence-corrected chi connectivity index (χ0v) is 10.2. The molecule has 0 radical (unpaired) electrons. The summed E-state index contributed by atoms with van der Waals surface area (Å²) >= 11 is 0. The van der Waals surface area contributed by atoms with E-state index in [9.17, 15) is 9.18 Å². The van der Waals surface area contributed by atoms with E-state index in [2.05, 4.69) is 5.32 Å². The number of halogens is 1. The van der Waals surface area contributed by atoms with E-state index in [-0.39, 0.29) is 11.7 Å². The van der Waals surface area contributed by atoms with E-state index in [1.807, 2.05) is 6.07 Å². The molecule has 0 atom stereocenters. The predicted molar refractivity (Wildman–Crippen MR) is 68.5 cm³/mol. The van der Waals surface area contributed by atoms with Crippen LogP contribution in [0, 0.1) is 5.82 Å². The Morgan fingerprint density at radius 2 is 2.17 bits per heavy atom. The maximum absolute atomic E-state index is 13.3. The van der Waals surface area contributed by atoms with Gasteiger partial charge in [0.25, 0.3) is 0 Å². The number of carbonyl (C=O) groups is 1. The van der Waals surface area contributed by atoms with Gasteiger partial charge >= 0.3 is 0 Å². The number of benzene rings is 1. The summed E-state index contributed by atoms with van der Waals surface area (Å²) < 4.78 is 13.3. The molecule has 3 rings (SSSR count). The van der Waals surface area contributed by atoms with Gasteiger partial charge in [0.1, 0.15) is 5.82 Å². The van der Waals surface area contributed by atoms with Gasteiger partial charge in [-0.2, -0.15) is 0 Å². The van der Waals surface area contributed by atoms with Gasteiger partial charge in [-0.05, 0) is 60.9 Å². The third-order valence-corrected chi connectivity index (χ3v) is 3.54. The van der Waals surface area contributed by atoms with E-state index < -0.39 is 0 Å². The molecule has 2 nitrogen and oxygen atoms in total. The Labute approximate surface area is 106 Å². The molecule has 0 unspecified atom stereocenters. The van der Waals surface area contributed by atoms with E-state index in [1.165, 1.54) is 6.07 Å². The van der Waals surface area contributed by atoms with Gasteiger partial charge in [0.15, 0.2) is 0 Å². The fourth-order valence-electron chi connectivity index (χ4n) is 2.45. The number of hydrogen-bond acceptors (Lipinski definition) is 1. The zero-order chi connectivity index (χ0) is 12.5. The maximum Gasteiger partial charge on any atom is 0.244 e. The number of rotatable bonds is 2. The van der Waals surface area contributed by atoms with Crippen molar-refractivity contribution in [2.24, 2.45) is 0 Å². The molecule has 3 heteroatoms. The van der Waals surface area contributed by atoms with Gasteiger partial charge in [-0.15, -0.1) is 0 Å². The van der Waals surface area contributed by atoms with Crippen LogP contribution in [0.15, 0.2) is 24.3 Å². The number of aryl methyl sites for hydroxylation is 1. The number of amides is 1. The molecule has 0 saturated heterocycles. The number of nitrogens with one attached hydrogen (secondary N) is 1. The molecule has 2 aliphatic rings. The molecular formula is C15H16FNO. The molecule has 0 bridgehead atoms. The van der Waals surface area contributed by atoms with Gasteiger partial charge in [-0.1, -0.05) is 6.07 Å². The van der Waals surface area contributed by atoms with E-state index in [0.717, 1.165) is 48.8 Å². The number of hydrogen-bond donors (Lipinski definition) is 1. The summed E-state index contributed by atoms with van der Waals surface area (Å²) in [5.41, 5.74) is 3.02. The first-order chi connectivity index (χ1) is 8.72. The third kappa shape index (κ3) is 2.45. The lowest BCUT2D eigenvalue weighted by atomic mass is 9.87. The Kier molecular flexibility index (Phi) is 2.90. The van der Waals surface area contributed by atoms with Crippen LogP contribution in [0.4, 0.5) is 4.39 Å². The van der Waals surface area contributed by atoms with Crippen molar-refractivity contribution >= 4 is 11.5 Å². The Balaban J connectivity index is 1.87. The molecule has 1 fully saturated rings. The molecule has 0 heterocycles. The van der Waals surface area contributed by atoms with E-state index in [4.69, 9.17) is 0 Å². The average molecular weight is 245 g/mol. The summed E-state index contributed by atoms with van der Waals surface area (Å²) in [6.45, 7) is 0. The molecule has 1 N–H and O–H groups in total. The number of fused-ring (bicyclic) bond motifs is 1. The van der Waals surface area contributed by atoms with Crippen LogP contribution >= 0.6 is 0 Å². The molecule has 0 spiro atoms. The van der Waals surface area contributed by atoms with Crippen LogP contribution in [0.1, 0.15) is 36.8 Å². The first kappa shape index (κ1) is 11.5. The molecular weight excluding hydrogens is 229 g/mol. The van der Waals surface area contributed by atoms with Crippen molar-refractivity contribution in [2.75, 3.05) is 0 Å². The highest BCUT2D eigenvalue weighted by atomic mass is 19.1. The Bertz CT molecular complexity index is 517. The Morgan fingerprint density at radius 1 is 1.33 bits per heavy atom. The minimum Gasteiger partial charge on any atom is -0.350 e. The highest BCUT2D eigenvalue weighted by Gasteiger charge is 2.23. The minimum atomic E-state index is -0.232. The predicted octanol–water partition coefficient (Wildman–Crippen LogP) is 2.82. The van der Waals surface area contributed by atoms with Crippen LogP contribution in [0.25, 0.3) is 5.57 Å². The fraction of sp³-hybridized carbons (Fsp3) is 0.400. The van der Waals surface area contributed by atoms with Gasteiger partial charge < -0.3 is 5.32 Å². The van der Waals surface area contributed by atoms with Crippen LogP contribution in [0.3, 0.4) is 0 Å². The fourth-order valence-corrected chi connectivity index (χ4v) is 2.45. The number of carbonyl (C=O) groups excluding carboxylic acids is 1. The first-order valence-corrected chi connectivity index (χ1v) is 6.52. The summed E-state index contributed by atoms with van der Waals surface area (Å²) in [6.07, 6.45) is 6.67. The van der Waals surface area contributed by atoms with Crippen molar-refractivity contribution in [1.29, 1.82) is 0 Å². The van der Waals surface area contributed by atoms with Gasteiger partial charge in [-0.3, -0.25) is 4.79 Å².